The van der Waals surface area contributed by atoms with Gasteiger partial charge < -0.3 is 15.4 Å². The van der Waals surface area contributed by atoms with Crippen molar-refractivity contribution < 1.29 is 4.74 Å². The highest BCUT2D eigenvalue weighted by atomic mass is 16.5. The van der Waals surface area contributed by atoms with Crippen molar-refractivity contribution in [3.8, 4) is 5.75 Å². The van der Waals surface area contributed by atoms with Gasteiger partial charge in [-0.25, -0.2) is 0 Å². The van der Waals surface area contributed by atoms with Crippen LogP contribution in [0.3, 0.4) is 0 Å². The molecule has 0 radical (unpaired) electrons. The van der Waals surface area contributed by atoms with Crippen LogP contribution in [0, 0.1) is 0 Å². The lowest BCUT2D eigenvalue weighted by atomic mass is 10.2. The summed E-state index contributed by atoms with van der Waals surface area (Å²) in [6.07, 6.45) is 2.16. The Bertz CT molecular complexity index is 387. The van der Waals surface area contributed by atoms with Gasteiger partial charge in [-0.3, -0.25) is 4.99 Å². The summed E-state index contributed by atoms with van der Waals surface area (Å²) in [5.74, 6) is 1.85. The molecule has 1 aliphatic heterocycles. The topological polar surface area (TPSA) is 45.6 Å². The van der Waals surface area contributed by atoms with Crippen molar-refractivity contribution in [2.24, 2.45) is 4.99 Å². The van der Waals surface area contributed by atoms with Crippen molar-refractivity contribution in [3.63, 3.8) is 0 Å². The van der Waals surface area contributed by atoms with Crippen LogP contribution in [0.4, 0.5) is 0 Å². The molecule has 1 aromatic rings. The van der Waals surface area contributed by atoms with E-state index >= 15 is 0 Å². The molecule has 4 heteroatoms. The van der Waals surface area contributed by atoms with Crippen LogP contribution in [0.25, 0.3) is 0 Å². The summed E-state index contributed by atoms with van der Waals surface area (Å²) in [5, 5.41) is 6.54. The number of nitrogens with one attached hydrogen (secondary N) is 2. The maximum Gasteiger partial charge on any atom is 0.191 e. The molecule has 0 amide bonds. The SMILES string of the molecule is CCCOc1ccc(CNC2=NCCCN2)cc1. The Morgan fingerprint density at radius 3 is 2.83 bits per heavy atom. The van der Waals surface area contributed by atoms with E-state index in [0.717, 1.165) is 50.8 Å². The summed E-state index contributed by atoms with van der Waals surface area (Å²) >= 11 is 0. The molecule has 0 fully saturated rings. The molecule has 0 bridgehead atoms. The molecular formula is C14H21N3O. The third kappa shape index (κ3) is 3.95. The lowest BCUT2D eigenvalue weighted by Gasteiger charge is -2.16. The molecule has 0 saturated heterocycles. The number of aliphatic imine (C=N–C) groups is 1. The average Bonchev–Trinajstić information content (AvgIpc) is 2.45. The molecule has 2 N–H and O–H groups in total. The monoisotopic (exact) mass is 247 g/mol. The highest BCUT2D eigenvalue weighted by Gasteiger charge is 2.02. The first kappa shape index (κ1) is 12.7. The van der Waals surface area contributed by atoms with Gasteiger partial charge in [0.25, 0.3) is 0 Å². The van der Waals surface area contributed by atoms with Crippen LogP contribution in [0.1, 0.15) is 25.3 Å². The van der Waals surface area contributed by atoms with Crippen molar-refractivity contribution in [3.05, 3.63) is 29.8 Å². The van der Waals surface area contributed by atoms with Crippen LogP contribution in [0.15, 0.2) is 29.3 Å². The summed E-state index contributed by atoms with van der Waals surface area (Å²) < 4.78 is 5.55. The molecule has 0 unspecified atom stereocenters. The molecule has 0 aromatic heterocycles. The summed E-state index contributed by atoms with van der Waals surface area (Å²) in [6.45, 7) is 5.60. The number of rotatable bonds is 5. The van der Waals surface area contributed by atoms with Gasteiger partial charge in [-0.1, -0.05) is 19.1 Å². The Kier molecular flexibility index (Phi) is 4.88. The number of nitrogens with zero attached hydrogens (tertiary/aromatic N) is 1. The van der Waals surface area contributed by atoms with E-state index in [-0.39, 0.29) is 0 Å². The van der Waals surface area contributed by atoms with E-state index in [1.807, 2.05) is 12.1 Å². The quantitative estimate of drug-likeness (QED) is 0.835. The minimum atomic E-state index is 0.776. The smallest absolute Gasteiger partial charge is 0.191 e. The molecule has 1 heterocycles. The van der Waals surface area contributed by atoms with Crippen LogP contribution in [0.5, 0.6) is 5.75 Å². The first-order chi connectivity index (χ1) is 8.88. The molecule has 1 aliphatic rings. The Hall–Kier alpha value is -1.71. The molecule has 0 aliphatic carbocycles. The van der Waals surface area contributed by atoms with E-state index in [0.29, 0.717) is 0 Å². The predicted octanol–water partition coefficient (Wildman–Crippen LogP) is 1.91. The van der Waals surface area contributed by atoms with Crippen LogP contribution in [0.2, 0.25) is 0 Å². The highest BCUT2D eigenvalue weighted by molar-refractivity contribution is 5.80. The van der Waals surface area contributed by atoms with E-state index in [9.17, 15) is 0 Å². The lowest BCUT2D eigenvalue weighted by molar-refractivity contribution is 0.317. The minimum Gasteiger partial charge on any atom is -0.494 e. The predicted molar refractivity (Wildman–Crippen MR) is 74.0 cm³/mol. The molecular weight excluding hydrogens is 226 g/mol. The molecule has 98 valence electrons. The number of hydrogen-bond acceptors (Lipinski definition) is 4. The average molecular weight is 247 g/mol. The second-order valence-corrected chi connectivity index (χ2v) is 4.36. The van der Waals surface area contributed by atoms with Gasteiger partial charge in [-0.05, 0) is 30.5 Å². The van der Waals surface area contributed by atoms with Crippen molar-refractivity contribution in [2.45, 2.75) is 26.3 Å². The van der Waals surface area contributed by atoms with Gasteiger partial charge in [0.05, 0.1) is 6.61 Å². The van der Waals surface area contributed by atoms with Gasteiger partial charge in [-0.2, -0.15) is 0 Å². The van der Waals surface area contributed by atoms with Crippen molar-refractivity contribution in [1.82, 2.24) is 10.6 Å². The second-order valence-electron chi connectivity index (χ2n) is 4.36. The Labute approximate surface area is 108 Å². The van der Waals surface area contributed by atoms with E-state index in [4.69, 9.17) is 4.74 Å². The molecule has 0 spiro atoms. The Morgan fingerprint density at radius 2 is 2.17 bits per heavy atom. The fourth-order valence-corrected chi connectivity index (χ4v) is 1.76. The van der Waals surface area contributed by atoms with E-state index < -0.39 is 0 Å². The zero-order valence-corrected chi connectivity index (χ0v) is 10.9. The number of hydrogen-bond donors (Lipinski definition) is 2. The summed E-state index contributed by atoms with van der Waals surface area (Å²) in [5.41, 5.74) is 1.23. The fourth-order valence-electron chi connectivity index (χ4n) is 1.76. The first-order valence-corrected chi connectivity index (χ1v) is 6.62. The standard InChI is InChI=1S/C14H21N3O/c1-2-10-18-13-6-4-12(5-7-13)11-17-14-15-8-3-9-16-14/h4-7H,2-3,8-11H2,1H3,(H2,15,16,17). The number of ether oxygens (including phenoxy) is 1. The maximum absolute atomic E-state index is 5.55. The molecule has 2 rings (SSSR count). The second kappa shape index (κ2) is 6.89. The Balaban J connectivity index is 1.80. The first-order valence-electron chi connectivity index (χ1n) is 6.62. The highest BCUT2D eigenvalue weighted by Crippen LogP contribution is 2.12. The summed E-state index contributed by atoms with van der Waals surface area (Å²) in [6, 6.07) is 8.20. The lowest BCUT2D eigenvalue weighted by Crippen LogP contribution is -2.40. The summed E-state index contributed by atoms with van der Waals surface area (Å²) in [4.78, 5) is 4.37. The zero-order chi connectivity index (χ0) is 12.6. The van der Waals surface area contributed by atoms with Crippen molar-refractivity contribution in [2.75, 3.05) is 19.7 Å². The zero-order valence-electron chi connectivity index (χ0n) is 10.9. The molecule has 0 saturated carbocycles. The third-order valence-electron chi connectivity index (χ3n) is 2.75. The molecule has 0 atom stereocenters. The van der Waals surface area contributed by atoms with E-state index in [2.05, 4.69) is 34.7 Å². The van der Waals surface area contributed by atoms with Crippen LogP contribution in [-0.4, -0.2) is 25.7 Å². The van der Waals surface area contributed by atoms with Gasteiger partial charge in [-0.15, -0.1) is 0 Å². The van der Waals surface area contributed by atoms with E-state index in [1.54, 1.807) is 0 Å². The van der Waals surface area contributed by atoms with Crippen LogP contribution >= 0.6 is 0 Å². The number of benzene rings is 1. The minimum absolute atomic E-state index is 0.776. The number of guanidine groups is 1. The maximum atomic E-state index is 5.55. The van der Waals surface area contributed by atoms with Gasteiger partial charge in [0, 0.05) is 19.6 Å². The molecule has 18 heavy (non-hydrogen) atoms. The van der Waals surface area contributed by atoms with Crippen LogP contribution in [-0.2, 0) is 6.54 Å². The van der Waals surface area contributed by atoms with Crippen molar-refractivity contribution in [1.29, 1.82) is 0 Å². The van der Waals surface area contributed by atoms with Crippen LogP contribution < -0.4 is 15.4 Å². The van der Waals surface area contributed by atoms with Crippen molar-refractivity contribution >= 4 is 5.96 Å². The Morgan fingerprint density at radius 1 is 1.33 bits per heavy atom. The van der Waals surface area contributed by atoms with Gasteiger partial charge in [0.2, 0.25) is 0 Å². The van der Waals surface area contributed by atoms with Gasteiger partial charge in [0.15, 0.2) is 5.96 Å². The normalized spacial score (nSPS) is 14.6. The molecule has 1 aromatic carbocycles. The van der Waals surface area contributed by atoms with Gasteiger partial charge >= 0.3 is 0 Å². The third-order valence-corrected chi connectivity index (χ3v) is 2.75. The fraction of sp³-hybridized carbons (Fsp3) is 0.500. The summed E-state index contributed by atoms with van der Waals surface area (Å²) in [7, 11) is 0. The largest absolute Gasteiger partial charge is 0.494 e. The molecule has 4 nitrogen and oxygen atoms in total. The van der Waals surface area contributed by atoms with Gasteiger partial charge in [0.1, 0.15) is 5.75 Å². The van der Waals surface area contributed by atoms with E-state index in [1.165, 1.54) is 5.56 Å².